The van der Waals surface area contributed by atoms with Crippen molar-refractivity contribution in [3.05, 3.63) is 0 Å². The van der Waals surface area contributed by atoms with Gasteiger partial charge in [0, 0.05) is 31.8 Å². The van der Waals surface area contributed by atoms with Crippen molar-refractivity contribution in [1.29, 1.82) is 0 Å². The van der Waals surface area contributed by atoms with Crippen LogP contribution < -0.4 is 5.32 Å². The van der Waals surface area contributed by atoms with Crippen molar-refractivity contribution in [2.45, 2.75) is 75.6 Å². The molecule has 0 aromatic carbocycles. The molecule has 3 unspecified atom stereocenters. The molecular formula is C16H28N2O3. The molecule has 0 bridgehead atoms. The van der Waals surface area contributed by atoms with Gasteiger partial charge in [0.25, 0.3) is 0 Å². The summed E-state index contributed by atoms with van der Waals surface area (Å²) in [5, 5.41) is 13.2. The molecule has 0 aromatic heterocycles. The normalized spacial score (nSPS) is 38.9. The van der Waals surface area contributed by atoms with E-state index in [4.69, 9.17) is 4.74 Å². The molecule has 1 aliphatic heterocycles. The molecule has 2 aliphatic carbocycles. The van der Waals surface area contributed by atoms with Gasteiger partial charge in [0.1, 0.15) is 5.54 Å². The van der Waals surface area contributed by atoms with Gasteiger partial charge in [-0.05, 0) is 51.9 Å². The van der Waals surface area contributed by atoms with Gasteiger partial charge in [-0.15, -0.1) is 0 Å². The predicted molar refractivity (Wildman–Crippen MR) is 80.4 cm³/mol. The third kappa shape index (κ3) is 3.58. The van der Waals surface area contributed by atoms with Crippen molar-refractivity contribution in [1.82, 2.24) is 10.2 Å². The summed E-state index contributed by atoms with van der Waals surface area (Å²) in [7, 11) is 0. The molecule has 120 valence electrons. The predicted octanol–water partition coefficient (Wildman–Crippen LogP) is 1.62. The number of aliphatic carboxylic acids is 1. The van der Waals surface area contributed by atoms with Crippen molar-refractivity contribution in [3.8, 4) is 0 Å². The molecule has 0 aromatic rings. The summed E-state index contributed by atoms with van der Waals surface area (Å²) in [5.74, 6) is -0.654. The standard InChI is InChI=1S/C16H28N2O3/c1-12-11-18(8-3-9-21-12)14-4-2-7-16(10-14,15(19)20)17-13-5-6-13/h12-14,17H,2-11H2,1H3,(H,19,20). The Bertz CT molecular complexity index is 386. The Morgan fingerprint density at radius 3 is 2.86 bits per heavy atom. The highest BCUT2D eigenvalue weighted by atomic mass is 16.5. The molecule has 3 atom stereocenters. The number of rotatable bonds is 4. The first-order valence-electron chi connectivity index (χ1n) is 8.46. The summed E-state index contributed by atoms with van der Waals surface area (Å²) in [4.78, 5) is 14.4. The number of hydrogen-bond donors (Lipinski definition) is 2. The number of hydrogen-bond acceptors (Lipinski definition) is 4. The average molecular weight is 296 g/mol. The van der Waals surface area contributed by atoms with Gasteiger partial charge in [-0.25, -0.2) is 0 Å². The SMILES string of the molecule is CC1CN(C2CCCC(NC3CC3)(C(=O)O)C2)CCCO1. The van der Waals surface area contributed by atoms with Crippen LogP contribution in [0.15, 0.2) is 0 Å². The average Bonchev–Trinajstić information content (AvgIpc) is 3.27. The first kappa shape index (κ1) is 15.3. The van der Waals surface area contributed by atoms with Gasteiger partial charge in [-0.3, -0.25) is 15.0 Å². The van der Waals surface area contributed by atoms with E-state index in [-0.39, 0.29) is 6.10 Å². The van der Waals surface area contributed by atoms with E-state index in [9.17, 15) is 9.90 Å². The van der Waals surface area contributed by atoms with E-state index < -0.39 is 11.5 Å². The van der Waals surface area contributed by atoms with E-state index in [1.807, 2.05) is 0 Å². The van der Waals surface area contributed by atoms with Gasteiger partial charge < -0.3 is 9.84 Å². The van der Waals surface area contributed by atoms with Crippen LogP contribution in [-0.2, 0) is 9.53 Å². The Labute approximate surface area is 127 Å². The third-order valence-corrected chi connectivity index (χ3v) is 5.19. The first-order chi connectivity index (χ1) is 10.1. The molecule has 2 saturated carbocycles. The first-order valence-corrected chi connectivity index (χ1v) is 8.46. The second-order valence-electron chi connectivity index (χ2n) is 7.09. The molecule has 3 aliphatic rings. The zero-order valence-corrected chi connectivity index (χ0v) is 13.0. The lowest BCUT2D eigenvalue weighted by atomic mass is 9.78. The van der Waals surface area contributed by atoms with Crippen molar-refractivity contribution in [2.75, 3.05) is 19.7 Å². The Kier molecular flexibility index (Phi) is 4.52. The molecular weight excluding hydrogens is 268 g/mol. The zero-order valence-electron chi connectivity index (χ0n) is 13.0. The van der Waals surface area contributed by atoms with Gasteiger partial charge >= 0.3 is 5.97 Å². The van der Waals surface area contributed by atoms with E-state index in [1.54, 1.807) is 0 Å². The van der Waals surface area contributed by atoms with E-state index in [0.717, 1.165) is 64.6 Å². The van der Waals surface area contributed by atoms with E-state index in [2.05, 4.69) is 17.1 Å². The maximum absolute atomic E-state index is 11.9. The molecule has 1 saturated heterocycles. The Hall–Kier alpha value is -0.650. The number of nitrogens with zero attached hydrogens (tertiary/aromatic N) is 1. The molecule has 0 amide bonds. The van der Waals surface area contributed by atoms with Crippen LogP contribution in [0.25, 0.3) is 0 Å². The molecule has 5 heteroatoms. The molecule has 3 rings (SSSR count). The maximum Gasteiger partial charge on any atom is 0.323 e. The highest BCUT2D eigenvalue weighted by molar-refractivity contribution is 5.79. The molecule has 21 heavy (non-hydrogen) atoms. The largest absolute Gasteiger partial charge is 0.480 e. The van der Waals surface area contributed by atoms with Crippen LogP contribution >= 0.6 is 0 Å². The summed E-state index contributed by atoms with van der Waals surface area (Å²) in [6.07, 6.45) is 7.21. The topological polar surface area (TPSA) is 61.8 Å². The highest BCUT2D eigenvalue weighted by Crippen LogP contribution is 2.35. The van der Waals surface area contributed by atoms with Gasteiger partial charge in [0.05, 0.1) is 6.10 Å². The maximum atomic E-state index is 11.9. The fourth-order valence-electron chi connectivity index (χ4n) is 3.92. The van der Waals surface area contributed by atoms with Gasteiger partial charge in [-0.1, -0.05) is 0 Å². The van der Waals surface area contributed by atoms with E-state index >= 15 is 0 Å². The minimum atomic E-state index is -0.694. The lowest BCUT2D eigenvalue weighted by Crippen LogP contribution is -2.59. The summed E-state index contributed by atoms with van der Waals surface area (Å²) >= 11 is 0. The van der Waals surface area contributed by atoms with Crippen LogP contribution in [0.4, 0.5) is 0 Å². The highest BCUT2D eigenvalue weighted by Gasteiger charge is 2.47. The molecule has 1 heterocycles. The number of carbonyl (C=O) groups is 1. The van der Waals surface area contributed by atoms with E-state index in [0.29, 0.717) is 12.1 Å². The zero-order chi connectivity index (χ0) is 14.9. The quantitative estimate of drug-likeness (QED) is 0.825. The van der Waals surface area contributed by atoms with Gasteiger partial charge in [0.15, 0.2) is 0 Å². The van der Waals surface area contributed by atoms with Gasteiger partial charge in [0.2, 0.25) is 0 Å². The summed E-state index contributed by atoms with van der Waals surface area (Å²) in [6.45, 7) is 4.92. The van der Waals surface area contributed by atoms with Crippen molar-refractivity contribution in [3.63, 3.8) is 0 Å². The number of carboxylic acid groups (broad SMARTS) is 1. The Morgan fingerprint density at radius 2 is 2.14 bits per heavy atom. The number of nitrogens with one attached hydrogen (secondary N) is 1. The Morgan fingerprint density at radius 1 is 1.33 bits per heavy atom. The minimum Gasteiger partial charge on any atom is -0.480 e. The smallest absolute Gasteiger partial charge is 0.323 e. The number of ether oxygens (including phenoxy) is 1. The van der Waals surface area contributed by atoms with Crippen LogP contribution in [0, 0.1) is 0 Å². The second kappa shape index (κ2) is 6.23. The molecule has 5 nitrogen and oxygen atoms in total. The third-order valence-electron chi connectivity index (χ3n) is 5.19. The molecule has 2 N–H and O–H groups in total. The summed E-state index contributed by atoms with van der Waals surface area (Å²) < 4.78 is 5.72. The monoisotopic (exact) mass is 296 g/mol. The van der Waals surface area contributed by atoms with Crippen molar-refractivity contribution < 1.29 is 14.6 Å². The van der Waals surface area contributed by atoms with Crippen LogP contribution in [0.3, 0.4) is 0 Å². The summed E-state index contributed by atoms with van der Waals surface area (Å²) in [6, 6.07) is 0.816. The minimum absolute atomic E-state index is 0.255. The lowest BCUT2D eigenvalue weighted by molar-refractivity contribution is -0.147. The van der Waals surface area contributed by atoms with Crippen LogP contribution in [0.2, 0.25) is 0 Å². The van der Waals surface area contributed by atoms with Gasteiger partial charge in [-0.2, -0.15) is 0 Å². The van der Waals surface area contributed by atoms with Crippen molar-refractivity contribution in [2.24, 2.45) is 0 Å². The van der Waals surface area contributed by atoms with Crippen LogP contribution in [0.1, 0.15) is 51.9 Å². The fraction of sp³-hybridized carbons (Fsp3) is 0.938. The molecule has 0 spiro atoms. The Balaban J connectivity index is 1.69. The second-order valence-corrected chi connectivity index (χ2v) is 7.09. The fourth-order valence-corrected chi connectivity index (χ4v) is 3.92. The van der Waals surface area contributed by atoms with Crippen LogP contribution in [-0.4, -0.2) is 59.4 Å². The lowest BCUT2D eigenvalue weighted by Gasteiger charge is -2.43. The molecule has 3 fully saturated rings. The van der Waals surface area contributed by atoms with Crippen molar-refractivity contribution >= 4 is 5.97 Å². The van der Waals surface area contributed by atoms with E-state index in [1.165, 1.54) is 0 Å². The van der Waals surface area contributed by atoms with Crippen LogP contribution in [0.5, 0.6) is 0 Å². The summed E-state index contributed by atoms with van der Waals surface area (Å²) in [5.41, 5.74) is -0.694. The molecule has 0 radical (unpaired) electrons. The number of carboxylic acids is 1.